The van der Waals surface area contributed by atoms with E-state index in [1.165, 1.54) is 6.07 Å². The molecule has 2 aromatic carbocycles. The molecule has 5 nitrogen and oxygen atoms in total. The molecule has 0 saturated heterocycles. The van der Waals surface area contributed by atoms with Crippen LogP contribution in [0.2, 0.25) is 0 Å². The number of primary amides is 1. The predicted molar refractivity (Wildman–Crippen MR) is 97.6 cm³/mol. The predicted octanol–water partition coefficient (Wildman–Crippen LogP) is 4.12. The number of hydrogen-bond acceptors (Lipinski definition) is 4. The van der Waals surface area contributed by atoms with Gasteiger partial charge in [-0.2, -0.15) is 13.2 Å². The number of halogens is 3. The van der Waals surface area contributed by atoms with Gasteiger partial charge in [0.2, 0.25) is 11.8 Å². The fraction of sp³-hybridized carbons (Fsp3) is 0.100. The molecular weight excluding hydrogens is 371 g/mol. The third-order valence-electron chi connectivity index (χ3n) is 3.95. The van der Waals surface area contributed by atoms with Crippen molar-refractivity contribution >= 4 is 5.91 Å². The number of aromatic nitrogens is 1. The average Bonchev–Trinajstić information content (AvgIpc) is 2.67. The molecule has 28 heavy (non-hydrogen) atoms. The highest BCUT2D eigenvalue weighted by atomic mass is 19.4. The monoisotopic (exact) mass is 387 g/mol. The Kier molecular flexibility index (Phi) is 5.32. The molecular formula is C20H16F3N3O2. The largest absolute Gasteiger partial charge is 0.439 e. The van der Waals surface area contributed by atoms with Crippen molar-refractivity contribution in [2.45, 2.75) is 12.7 Å². The van der Waals surface area contributed by atoms with E-state index >= 15 is 0 Å². The van der Waals surface area contributed by atoms with Crippen LogP contribution in [-0.2, 0) is 12.7 Å². The normalized spacial score (nSPS) is 11.3. The highest BCUT2D eigenvalue weighted by molar-refractivity contribution is 5.99. The van der Waals surface area contributed by atoms with E-state index < -0.39 is 17.8 Å². The molecule has 0 saturated carbocycles. The number of carbonyl (C=O) groups is 1. The van der Waals surface area contributed by atoms with Gasteiger partial charge in [0.15, 0.2) is 0 Å². The molecule has 3 rings (SSSR count). The van der Waals surface area contributed by atoms with Crippen molar-refractivity contribution in [2.24, 2.45) is 11.5 Å². The van der Waals surface area contributed by atoms with E-state index in [2.05, 4.69) is 4.98 Å². The van der Waals surface area contributed by atoms with Gasteiger partial charge in [-0.3, -0.25) is 4.79 Å². The number of ether oxygens (including phenoxy) is 1. The first-order chi connectivity index (χ1) is 13.3. The first-order valence-corrected chi connectivity index (χ1v) is 8.23. The van der Waals surface area contributed by atoms with Gasteiger partial charge in [0.1, 0.15) is 11.4 Å². The van der Waals surface area contributed by atoms with Crippen LogP contribution < -0.4 is 16.2 Å². The van der Waals surface area contributed by atoms with Gasteiger partial charge in [-0.25, -0.2) is 4.98 Å². The van der Waals surface area contributed by atoms with Crippen LogP contribution in [0.3, 0.4) is 0 Å². The van der Waals surface area contributed by atoms with Gasteiger partial charge < -0.3 is 16.2 Å². The zero-order chi connectivity index (χ0) is 20.3. The Balaban J connectivity index is 1.98. The van der Waals surface area contributed by atoms with Crippen LogP contribution in [-0.4, -0.2) is 10.9 Å². The number of hydrogen-bond donors (Lipinski definition) is 2. The molecule has 1 amide bonds. The summed E-state index contributed by atoms with van der Waals surface area (Å²) in [5, 5.41) is 0. The summed E-state index contributed by atoms with van der Waals surface area (Å²) in [5.74, 6) is -0.559. The summed E-state index contributed by atoms with van der Waals surface area (Å²) >= 11 is 0. The topological polar surface area (TPSA) is 91.2 Å². The zero-order valence-electron chi connectivity index (χ0n) is 14.5. The number of alkyl halides is 3. The Morgan fingerprint density at radius 2 is 1.79 bits per heavy atom. The fourth-order valence-corrected chi connectivity index (χ4v) is 2.67. The second-order valence-electron chi connectivity index (χ2n) is 5.94. The molecule has 0 bridgehead atoms. The SMILES string of the molecule is NCc1cc(Oc2cccc(-c3ccccc3C(N)=O)c2)nc(C(F)(F)F)c1. The summed E-state index contributed by atoms with van der Waals surface area (Å²) in [4.78, 5) is 15.2. The number of nitrogens with zero attached hydrogens (tertiary/aromatic N) is 1. The first kappa shape index (κ1) is 19.4. The number of carbonyl (C=O) groups excluding carboxylic acids is 1. The Morgan fingerprint density at radius 3 is 2.46 bits per heavy atom. The molecule has 0 unspecified atom stereocenters. The fourth-order valence-electron chi connectivity index (χ4n) is 2.67. The van der Waals surface area contributed by atoms with Crippen molar-refractivity contribution in [1.29, 1.82) is 0 Å². The maximum Gasteiger partial charge on any atom is 0.433 e. The van der Waals surface area contributed by atoms with Gasteiger partial charge >= 0.3 is 6.18 Å². The molecule has 0 aliphatic carbocycles. The summed E-state index contributed by atoms with van der Waals surface area (Å²) in [6.07, 6.45) is -4.62. The van der Waals surface area contributed by atoms with E-state index in [1.54, 1.807) is 48.5 Å². The van der Waals surface area contributed by atoms with Crippen molar-refractivity contribution in [3.63, 3.8) is 0 Å². The Labute approximate surface area is 158 Å². The highest BCUT2D eigenvalue weighted by Gasteiger charge is 2.33. The second-order valence-corrected chi connectivity index (χ2v) is 5.94. The van der Waals surface area contributed by atoms with Gasteiger partial charge in [0.25, 0.3) is 0 Å². The van der Waals surface area contributed by atoms with E-state index in [-0.39, 0.29) is 23.7 Å². The second kappa shape index (κ2) is 7.69. The zero-order valence-corrected chi connectivity index (χ0v) is 14.5. The first-order valence-electron chi connectivity index (χ1n) is 8.23. The van der Waals surface area contributed by atoms with Crippen molar-refractivity contribution in [1.82, 2.24) is 4.98 Å². The lowest BCUT2D eigenvalue weighted by Gasteiger charge is -2.12. The molecule has 0 spiro atoms. The molecule has 144 valence electrons. The molecule has 0 atom stereocenters. The van der Waals surface area contributed by atoms with Gasteiger partial charge in [0.05, 0.1) is 0 Å². The minimum absolute atomic E-state index is 0.0893. The minimum atomic E-state index is -4.62. The van der Waals surface area contributed by atoms with E-state index in [0.29, 0.717) is 16.7 Å². The summed E-state index contributed by atoms with van der Waals surface area (Å²) in [5.41, 5.74) is 11.6. The van der Waals surface area contributed by atoms with Gasteiger partial charge in [-0.05, 0) is 41.0 Å². The molecule has 8 heteroatoms. The number of pyridine rings is 1. The molecule has 0 aliphatic rings. The van der Waals surface area contributed by atoms with Crippen molar-refractivity contribution < 1.29 is 22.7 Å². The Hall–Kier alpha value is -3.39. The number of benzene rings is 2. The minimum Gasteiger partial charge on any atom is -0.439 e. The van der Waals surface area contributed by atoms with Crippen molar-refractivity contribution in [3.05, 3.63) is 77.5 Å². The van der Waals surface area contributed by atoms with E-state index in [9.17, 15) is 18.0 Å². The third-order valence-corrected chi connectivity index (χ3v) is 3.95. The molecule has 0 radical (unpaired) electrons. The van der Waals surface area contributed by atoms with Gasteiger partial charge in [-0.1, -0.05) is 30.3 Å². The highest BCUT2D eigenvalue weighted by Crippen LogP contribution is 2.32. The molecule has 1 heterocycles. The quantitative estimate of drug-likeness (QED) is 0.689. The molecule has 1 aromatic heterocycles. The van der Waals surface area contributed by atoms with Crippen LogP contribution in [0.5, 0.6) is 11.6 Å². The Bertz CT molecular complexity index is 1020. The lowest BCUT2D eigenvalue weighted by Crippen LogP contribution is -2.12. The average molecular weight is 387 g/mol. The number of nitrogens with two attached hydrogens (primary N) is 2. The van der Waals surface area contributed by atoms with E-state index in [1.807, 2.05) is 0 Å². The van der Waals surface area contributed by atoms with Crippen LogP contribution in [0.25, 0.3) is 11.1 Å². The molecule has 3 aromatic rings. The Morgan fingerprint density at radius 1 is 1.04 bits per heavy atom. The standard InChI is InChI=1S/C20H16F3N3O2/c21-20(22,23)17-8-12(11-24)9-18(26-17)28-14-5-3-4-13(10-14)15-6-1-2-7-16(15)19(25)27/h1-10H,11,24H2,(H2,25,27). The number of amides is 1. The summed E-state index contributed by atoms with van der Waals surface area (Å²) < 4.78 is 44.6. The summed E-state index contributed by atoms with van der Waals surface area (Å²) in [6, 6.07) is 15.5. The van der Waals surface area contributed by atoms with E-state index in [0.717, 1.165) is 6.07 Å². The smallest absolute Gasteiger partial charge is 0.433 e. The lowest BCUT2D eigenvalue weighted by molar-refractivity contribution is -0.141. The van der Waals surface area contributed by atoms with Crippen LogP contribution in [0.4, 0.5) is 13.2 Å². The van der Waals surface area contributed by atoms with Crippen LogP contribution in [0.15, 0.2) is 60.7 Å². The maximum atomic E-state index is 13.0. The molecule has 4 N–H and O–H groups in total. The number of rotatable bonds is 5. The van der Waals surface area contributed by atoms with Gasteiger partial charge in [-0.15, -0.1) is 0 Å². The lowest BCUT2D eigenvalue weighted by atomic mass is 9.99. The van der Waals surface area contributed by atoms with Crippen LogP contribution in [0.1, 0.15) is 21.6 Å². The van der Waals surface area contributed by atoms with E-state index in [4.69, 9.17) is 16.2 Å². The van der Waals surface area contributed by atoms with Crippen molar-refractivity contribution in [2.75, 3.05) is 0 Å². The maximum absolute atomic E-state index is 13.0. The molecule has 0 aliphatic heterocycles. The third kappa shape index (κ3) is 4.29. The van der Waals surface area contributed by atoms with Crippen LogP contribution >= 0.6 is 0 Å². The summed E-state index contributed by atoms with van der Waals surface area (Å²) in [6.45, 7) is -0.0893. The summed E-state index contributed by atoms with van der Waals surface area (Å²) in [7, 11) is 0. The molecule has 0 fully saturated rings. The van der Waals surface area contributed by atoms with Crippen molar-refractivity contribution in [3.8, 4) is 22.8 Å². The van der Waals surface area contributed by atoms with Crippen LogP contribution in [0, 0.1) is 0 Å². The van der Waals surface area contributed by atoms with Gasteiger partial charge in [0, 0.05) is 18.2 Å².